The second kappa shape index (κ2) is 12.0. The number of benzene rings is 2. The Morgan fingerprint density at radius 2 is 1.81 bits per heavy atom. The van der Waals surface area contributed by atoms with Gasteiger partial charge in [-0.25, -0.2) is 9.98 Å². The van der Waals surface area contributed by atoms with Crippen molar-refractivity contribution in [2.24, 2.45) is 4.99 Å². The minimum atomic E-state index is 0. The number of hydrogen-bond acceptors (Lipinski definition) is 6. The molecule has 0 aliphatic carbocycles. The predicted octanol–water partition coefficient (Wildman–Crippen LogP) is 3.69. The second-order valence-corrected chi connectivity index (χ2v) is 6.27. The average molecular weight is 538 g/mol. The van der Waals surface area contributed by atoms with Crippen LogP contribution in [-0.4, -0.2) is 49.0 Å². The number of rotatable bonds is 8. The Hall–Kier alpha value is -3.02. The minimum Gasteiger partial charge on any atom is -0.493 e. The molecule has 0 unspecified atom stereocenters. The van der Waals surface area contributed by atoms with Crippen molar-refractivity contribution in [3.05, 3.63) is 48.3 Å². The van der Waals surface area contributed by atoms with Crippen molar-refractivity contribution in [1.82, 2.24) is 20.5 Å². The molecule has 3 rings (SSSR count). The van der Waals surface area contributed by atoms with Gasteiger partial charge in [-0.2, -0.15) is 5.10 Å². The van der Waals surface area contributed by atoms with E-state index in [0.29, 0.717) is 36.3 Å². The van der Waals surface area contributed by atoms with Gasteiger partial charge in [0.15, 0.2) is 23.3 Å². The molecule has 2 aromatic carbocycles. The third-order valence-corrected chi connectivity index (χ3v) is 4.31. The van der Waals surface area contributed by atoms with Crippen molar-refractivity contribution in [3.8, 4) is 28.6 Å². The van der Waals surface area contributed by atoms with E-state index < -0.39 is 0 Å². The van der Waals surface area contributed by atoms with Crippen LogP contribution in [0.1, 0.15) is 12.5 Å². The van der Waals surface area contributed by atoms with Gasteiger partial charge >= 0.3 is 0 Å². The molecule has 10 heteroatoms. The van der Waals surface area contributed by atoms with Gasteiger partial charge in [-0.3, -0.25) is 5.10 Å². The average Bonchev–Trinajstić information content (AvgIpc) is 3.32. The smallest absolute Gasteiger partial charge is 0.203 e. The normalized spacial score (nSPS) is 10.8. The first-order valence-electron chi connectivity index (χ1n) is 9.48. The second-order valence-electron chi connectivity index (χ2n) is 6.27. The molecule has 31 heavy (non-hydrogen) atoms. The van der Waals surface area contributed by atoms with Crippen LogP contribution in [0, 0.1) is 0 Å². The highest BCUT2D eigenvalue weighted by atomic mass is 127. The van der Waals surface area contributed by atoms with Crippen LogP contribution in [0.3, 0.4) is 0 Å². The molecule has 3 N–H and O–H groups in total. The van der Waals surface area contributed by atoms with Crippen molar-refractivity contribution in [2.75, 3.05) is 33.2 Å². The number of guanidine groups is 1. The first kappa shape index (κ1) is 24.3. The van der Waals surface area contributed by atoms with E-state index in [1.807, 2.05) is 43.3 Å². The fourth-order valence-corrected chi connectivity index (χ4v) is 2.93. The molecule has 0 saturated heterocycles. The summed E-state index contributed by atoms with van der Waals surface area (Å²) in [7, 11) is 4.75. The minimum absolute atomic E-state index is 0. The fraction of sp³-hybridized carbons (Fsp3) is 0.286. The fourth-order valence-electron chi connectivity index (χ4n) is 2.93. The Kier molecular flexibility index (Phi) is 9.38. The van der Waals surface area contributed by atoms with Gasteiger partial charge in [-0.15, -0.1) is 24.0 Å². The Balaban J connectivity index is 0.00000341. The standard InChI is InChI=1S/C21H26N6O3.HI/c1-5-22-21(26-16-10-17(28-2)19(30-4)18(11-16)29-3)23-12-14-7-6-8-15(9-14)20-24-13-25-27-20;/h6-11,13H,5,12H2,1-4H3,(H2,22,23,26)(H,24,25,27);1H. The van der Waals surface area contributed by atoms with Crippen LogP contribution in [-0.2, 0) is 6.54 Å². The molecule has 0 bridgehead atoms. The summed E-state index contributed by atoms with van der Waals surface area (Å²) in [6, 6.07) is 11.7. The van der Waals surface area contributed by atoms with Crippen LogP contribution in [0.4, 0.5) is 5.69 Å². The molecule has 0 aliphatic rings. The number of methoxy groups -OCH3 is 3. The lowest BCUT2D eigenvalue weighted by molar-refractivity contribution is 0.324. The van der Waals surface area contributed by atoms with Crippen molar-refractivity contribution < 1.29 is 14.2 Å². The number of aromatic amines is 1. The number of anilines is 1. The van der Waals surface area contributed by atoms with Gasteiger partial charge in [0.2, 0.25) is 5.75 Å². The summed E-state index contributed by atoms with van der Waals surface area (Å²) in [6.45, 7) is 3.22. The molecule has 0 atom stereocenters. The van der Waals surface area contributed by atoms with E-state index in [1.54, 1.807) is 21.3 Å². The van der Waals surface area contributed by atoms with Gasteiger partial charge in [0.1, 0.15) is 6.33 Å². The Morgan fingerprint density at radius 3 is 2.39 bits per heavy atom. The monoisotopic (exact) mass is 538 g/mol. The van der Waals surface area contributed by atoms with E-state index in [2.05, 4.69) is 25.8 Å². The molecule has 1 heterocycles. The highest BCUT2D eigenvalue weighted by Crippen LogP contribution is 2.39. The molecule has 0 saturated carbocycles. The van der Waals surface area contributed by atoms with Gasteiger partial charge in [0, 0.05) is 29.9 Å². The first-order valence-corrected chi connectivity index (χ1v) is 9.48. The van der Waals surface area contributed by atoms with E-state index >= 15 is 0 Å². The first-order chi connectivity index (χ1) is 14.7. The predicted molar refractivity (Wildman–Crippen MR) is 132 cm³/mol. The largest absolute Gasteiger partial charge is 0.493 e. The van der Waals surface area contributed by atoms with Crippen molar-refractivity contribution in [3.63, 3.8) is 0 Å². The van der Waals surface area contributed by atoms with E-state index in [4.69, 9.17) is 19.2 Å². The zero-order chi connectivity index (χ0) is 21.3. The SMILES string of the molecule is CCNC(=NCc1cccc(-c2ncn[nH]2)c1)Nc1cc(OC)c(OC)c(OC)c1.I. The summed E-state index contributed by atoms with van der Waals surface area (Å²) < 4.78 is 16.2. The third-order valence-electron chi connectivity index (χ3n) is 4.31. The number of aromatic nitrogens is 3. The summed E-state index contributed by atoms with van der Waals surface area (Å²) in [5.74, 6) is 3.03. The highest BCUT2D eigenvalue weighted by molar-refractivity contribution is 14.0. The molecule has 3 aromatic rings. The van der Waals surface area contributed by atoms with Crippen LogP contribution >= 0.6 is 24.0 Å². The molecule has 1 aromatic heterocycles. The molecule has 166 valence electrons. The summed E-state index contributed by atoms with van der Waals surface area (Å²) >= 11 is 0. The summed E-state index contributed by atoms with van der Waals surface area (Å²) in [5.41, 5.74) is 2.77. The van der Waals surface area contributed by atoms with Gasteiger partial charge in [0.25, 0.3) is 0 Å². The van der Waals surface area contributed by atoms with Crippen LogP contribution in [0.25, 0.3) is 11.4 Å². The van der Waals surface area contributed by atoms with E-state index in [9.17, 15) is 0 Å². The zero-order valence-electron chi connectivity index (χ0n) is 17.9. The lowest BCUT2D eigenvalue weighted by Crippen LogP contribution is -2.30. The van der Waals surface area contributed by atoms with Gasteiger partial charge in [-0.05, 0) is 18.6 Å². The topological polar surface area (TPSA) is 106 Å². The number of H-pyrrole nitrogens is 1. The number of ether oxygens (including phenoxy) is 3. The summed E-state index contributed by atoms with van der Waals surface area (Å²) in [5, 5.41) is 13.3. The van der Waals surface area contributed by atoms with Crippen LogP contribution in [0.2, 0.25) is 0 Å². The maximum absolute atomic E-state index is 5.42. The van der Waals surface area contributed by atoms with Crippen LogP contribution in [0.5, 0.6) is 17.2 Å². The molecule has 0 spiro atoms. The van der Waals surface area contributed by atoms with Gasteiger partial charge in [-0.1, -0.05) is 18.2 Å². The van der Waals surface area contributed by atoms with Crippen LogP contribution in [0.15, 0.2) is 47.7 Å². The van der Waals surface area contributed by atoms with Crippen LogP contribution < -0.4 is 24.8 Å². The maximum Gasteiger partial charge on any atom is 0.203 e. The van der Waals surface area contributed by atoms with Crippen molar-refractivity contribution >= 4 is 35.6 Å². The number of nitrogens with zero attached hydrogens (tertiary/aromatic N) is 3. The van der Waals surface area contributed by atoms with E-state index in [0.717, 1.165) is 22.6 Å². The lowest BCUT2D eigenvalue weighted by atomic mass is 10.1. The van der Waals surface area contributed by atoms with E-state index in [-0.39, 0.29) is 24.0 Å². The van der Waals surface area contributed by atoms with E-state index in [1.165, 1.54) is 6.33 Å². The third kappa shape index (κ3) is 6.23. The number of halogens is 1. The number of nitrogens with one attached hydrogen (secondary N) is 3. The maximum atomic E-state index is 5.42. The van der Waals surface area contributed by atoms with Crippen molar-refractivity contribution in [2.45, 2.75) is 13.5 Å². The molecule has 0 amide bonds. The molecule has 0 radical (unpaired) electrons. The Morgan fingerprint density at radius 1 is 1.06 bits per heavy atom. The summed E-state index contributed by atoms with van der Waals surface area (Å²) in [6.07, 6.45) is 1.49. The number of aliphatic imine (C=N–C) groups is 1. The quantitative estimate of drug-likeness (QED) is 0.228. The van der Waals surface area contributed by atoms with Gasteiger partial charge < -0.3 is 24.8 Å². The van der Waals surface area contributed by atoms with Gasteiger partial charge in [0.05, 0.1) is 27.9 Å². The lowest BCUT2D eigenvalue weighted by Gasteiger charge is -2.16. The Bertz CT molecular complexity index is 970. The molecule has 9 nitrogen and oxygen atoms in total. The molecule has 0 aliphatic heterocycles. The highest BCUT2D eigenvalue weighted by Gasteiger charge is 2.14. The molecular formula is C21H27IN6O3. The summed E-state index contributed by atoms with van der Waals surface area (Å²) in [4.78, 5) is 8.88. The molecule has 0 fully saturated rings. The Labute approximate surface area is 198 Å². The molecular weight excluding hydrogens is 511 g/mol. The number of hydrogen-bond donors (Lipinski definition) is 3. The zero-order valence-corrected chi connectivity index (χ0v) is 20.3. The van der Waals surface area contributed by atoms with Crippen molar-refractivity contribution in [1.29, 1.82) is 0 Å².